The Balaban J connectivity index is 1.85. The molecule has 0 heterocycles. The number of nitriles is 1. The third-order valence-corrected chi connectivity index (χ3v) is 3.15. The van der Waals surface area contributed by atoms with Gasteiger partial charge in [-0.3, -0.25) is 0 Å². The van der Waals surface area contributed by atoms with Crippen LogP contribution < -0.4 is 4.74 Å². The molecule has 0 aliphatic rings. The summed E-state index contributed by atoms with van der Waals surface area (Å²) in [6.45, 7) is 3.88. The lowest BCUT2D eigenvalue weighted by molar-refractivity contribution is -0.147. The van der Waals surface area contributed by atoms with Crippen LogP contribution in [0.4, 0.5) is 0 Å². The van der Waals surface area contributed by atoms with Crippen LogP contribution in [0.15, 0.2) is 42.5 Å². The molecule has 0 radical (unpaired) electrons. The van der Waals surface area contributed by atoms with Gasteiger partial charge in [-0.2, -0.15) is 5.26 Å². The summed E-state index contributed by atoms with van der Waals surface area (Å²) in [5.41, 5.74) is 3.36. The SMILES string of the molecule is Cc1ccc(C)c(OCC(=O)OCc2cccc(C#N)c2)c1. The van der Waals surface area contributed by atoms with Gasteiger partial charge in [0.2, 0.25) is 0 Å². The summed E-state index contributed by atoms with van der Waals surface area (Å²) in [7, 11) is 0. The van der Waals surface area contributed by atoms with E-state index >= 15 is 0 Å². The maximum atomic E-state index is 11.7. The fourth-order valence-corrected chi connectivity index (χ4v) is 1.94. The number of nitrogens with zero attached hydrogens (tertiary/aromatic N) is 1. The first-order valence-corrected chi connectivity index (χ1v) is 6.93. The summed E-state index contributed by atoms with van der Waals surface area (Å²) in [5.74, 6) is 0.242. The number of hydrogen-bond acceptors (Lipinski definition) is 4. The second-order valence-corrected chi connectivity index (χ2v) is 5.03. The molecule has 0 unspecified atom stereocenters. The minimum Gasteiger partial charge on any atom is -0.482 e. The predicted octanol–water partition coefficient (Wildman–Crippen LogP) is 3.30. The molecule has 2 aromatic carbocycles. The van der Waals surface area contributed by atoms with E-state index in [0.717, 1.165) is 16.7 Å². The Hall–Kier alpha value is -2.80. The number of rotatable bonds is 5. The van der Waals surface area contributed by atoms with E-state index in [2.05, 4.69) is 0 Å². The number of ether oxygens (including phenoxy) is 2. The van der Waals surface area contributed by atoms with Crippen molar-refractivity contribution in [2.24, 2.45) is 0 Å². The number of benzene rings is 2. The molecule has 4 nitrogen and oxygen atoms in total. The van der Waals surface area contributed by atoms with Gasteiger partial charge in [0.05, 0.1) is 11.6 Å². The predicted molar refractivity (Wildman–Crippen MR) is 82.4 cm³/mol. The largest absolute Gasteiger partial charge is 0.482 e. The highest BCUT2D eigenvalue weighted by atomic mass is 16.6. The summed E-state index contributed by atoms with van der Waals surface area (Å²) in [5, 5.41) is 8.82. The highest BCUT2D eigenvalue weighted by Gasteiger charge is 2.07. The molecule has 0 fully saturated rings. The van der Waals surface area contributed by atoms with Crippen molar-refractivity contribution in [2.45, 2.75) is 20.5 Å². The zero-order valence-electron chi connectivity index (χ0n) is 12.6. The van der Waals surface area contributed by atoms with Gasteiger partial charge in [-0.05, 0) is 48.7 Å². The third kappa shape index (κ3) is 4.35. The van der Waals surface area contributed by atoms with Gasteiger partial charge in [-0.15, -0.1) is 0 Å². The van der Waals surface area contributed by atoms with Crippen molar-refractivity contribution in [1.29, 1.82) is 5.26 Å². The molecular weight excluding hydrogens is 278 g/mol. The summed E-state index contributed by atoms with van der Waals surface area (Å²) in [6.07, 6.45) is 0. The smallest absolute Gasteiger partial charge is 0.344 e. The molecule has 4 heteroatoms. The highest BCUT2D eigenvalue weighted by Crippen LogP contribution is 2.19. The van der Waals surface area contributed by atoms with Crippen LogP contribution in [-0.2, 0) is 16.1 Å². The molecule has 0 aliphatic heterocycles. The van der Waals surface area contributed by atoms with Gasteiger partial charge in [0, 0.05) is 0 Å². The molecule has 0 atom stereocenters. The first-order chi connectivity index (χ1) is 10.6. The van der Waals surface area contributed by atoms with Crippen LogP contribution in [0, 0.1) is 25.2 Å². The number of carbonyl (C=O) groups excluding carboxylic acids is 1. The Labute approximate surface area is 129 Å². The lowest BCUT2D eigenvalue weighted by atomic mass is 10.1. The molecule has 0 amide bonds. The molecule has 2 aromatic rings. The maximum absolute atomic E-state index is 11.7. The van der Waals surface area contributed by atoms with Crippen molar-refractivity contribution < 1.29 is 14.3 Å². The third-order valence-electron chi connectivity index (χ3n) is 3.15. The average Bonchev–Trinajstić information content (AvgIpc) is 2.54. The van der Waals surface area contributed by atoms with Crippen molar-refractivity contribution in [3.05, 3.63) is 64.7 Å². The van der Waals surface area contributed by atoms with Crippen LogP contribution in [0.5, 0.6) is 5.75 Å². The van der Waals surface area contributed by atoms with Gasteiger partial charge < -0.3 is 9.47 Å². The molecule has 0 N–H and O–H groups in total. The Morgan fingerprint density at radius 1 is 1.18 bits per heavy atom. The fourth-order valence-electron chi connectivity index (χ4n) is 1.94. The van der Waals surface area contributed by atoms with Gasteiger partial charge >= 0.3 is 5.97 Å². The Morgan fingerprint density at radius 2 is 2.00 bits per heavy atom. The number of hydrogen-bond donors (Lipinski definition) is 0. The van der Waals surface area contributed by atoms with E-state index in [0.29, 0.717) is 11.3 Å². The quantitative estimate of drug-likeness (QED) is 0.794. The van der Waals surface area contributed by atoms with Gasteiger partial charge in [-0.25, -0.2) is 4.79 Å². The Bertz CT molecular complexity index is 717. The number of esters is 1. The van der Waals surface area contributed by atoms with Crippen molar-refractivity contribution >= 4 is 5.97 Å². The summed E-state index contributed by atoms with van der Waals surface area (Å²) in [6, 6.07) is 14.8. The molecule has 0 spiro atoms. The number of aryl methyl sites for hydroxylation is 2. The lowest BCUT2D eigenvalue weighted by Gasteiger charge is -2.10. The topological polar surface area (TPSA) is 59.3 Å². The fraction of sp³-hybridized carbons (Fsp3) is 0.222. The van der Waals surface area contributed by atoms with Gasteiger partial charge in [-0.1, -0.05) is 24.3 Å². The van der Waals surface area contributed by atoms with Crippen molar-refractivity contribution in [3.8, 4) is 11.8 Å². The standard InChI is InChI=1S/C18H17NO3/c1-13-6-7-14(2)17(8-13)21-12-18(20)22-11-16-5-3-4-15(9-16)10-19/h3-9H,11-12H2,1-2H3. The van der Waals surface area contributed by atoms with Crippen LogP contribution in [0.25, 0.3) is 0 Å². The maximum Gasteiger partial charge on any atom is 0.344 e. The molecule has 2 rings (SSSR count). The van der Waals surface area contributed by atoms with Gasteiger partial charge in [0.15, 0.2) is 6.61 Å². The van der Waals surface area contributed by atoms with E-state index in [1.54, 1.807) is 24.3 Å². The molecule has 0 bridgehead atoms. The van der Waals surface area contributed by atoms with Crippen LogP contribution in [-0.4, -0.2) is 12.6 Å². The van der Waals surface area contributed by atoms with Crippen molar-refractivity contribution in [1.82, 2.24) is 0 Å². The van der Waals surface area contributed by atoms with E-state index in [9.17, 15) is 4.79 Å². The van der Waals surface area contributed by atoms with Crippen LogP contribution in [0.1, 0.15) is 22.3 Å². The molecule has 0 saturated carbocycles. The van der Waals surface area contributed by atoms with Crippen LogP contribution >= 0.6 is 0 Å². The summed E-state index contributed by atoms with van der Waals surface area (Å²) >= 11 is 0. The van der Waals surface area contributed by atoms with E-state index in [4.69, 9.17) is 14.7 Å². The average molecular weight is 295 g/mol. The Kier molecular flexibility index (Phi) is 5.16. The summed E-state index contributed by atoms with van der Waals surface area (Å²) < 4.78 is 10.6. The minimum atomic E-state index is -0.441. The molecule has 0 aliphatic carbocycles. The van der Waals surface area contributed by atoms with Gasteiger partial charge in [0.25, 0.3) is 0 Å². The molecule has 0 saturated heterocycles. The zero-order chi connectivity index (χ0) is 15.9. The first kappa shape index (κ1) is 15.6. The minimum absolute atomic E-state index is 0.129. The van der Waals surface area contributed by atoms with E-state index in [1.807, 2.05) is 38.1 Å². The highest BCUT2D eigenvalue weighted by molar-refractivity contribution is 5.71. The second-order valence-electron chi connectivity index (χ2n) is 5.03. The van der Waals surface area contributed by atoms with E-state index in [-0.39, 0.29) is 13.2 Å². The monoisotopic (exact) mass is 295 g/mol. The number of carbonyl (C=O) groups is 1. The lowest BCUT2D eigenvalue weighted by Crippen LogP contribution is -2.15. The Morgan fingerprint density at radius 3 is 2.77 bits per heavy atom. The first-order valence-electron chi connectivity index (χ1n) is 6.93. The van der Waals surface area contributed by atoms with Gasteiger partial charge in [0.1, 0.15) is 12.4 Å². The van der Waals surface area contributed by atoms with Crippen LogP contribution in [0.2, 0.25) is 0 Å². The van der Waals surface area contributed by atoms with Crippen molar-refractivity contribution in [2.75, 3.05) is 6.61 Å². The molecule has 0 aromatic heterocycles. The molecule has 22 heavy (non-hydrogen) atoms. The van der Waals surface area contributed by atoms with Crippen molar-refractivity contribution in [3.63, 3.8) is 0 Å². The van der Waals surface area contributed by atoms with Crippen LogP contribution in [0.3, 0.4) is 0 Å². The van der Waals surface area contributed by atoms with E-state index < -0.39 is 5.97 Å². The normalized spacial score (nSPS) is 9.86. The zero-order valence-corrected chi connectivity index (χ0v) is 12.6. The molecular formula is C18H17NO3. The van der Waals surface area contributed by atoms with E-state index in [1.165, 1.54) is 0 Å². The second kappa shape index (κ2) is 7.28. The molecule has 112 valence electrons. The summed E-state index contributed by atoms with van der Waals surface area (Å²) in [4.78, 5) is 11.7.